The molecule has 1 fully saturated rings. The summed E-state index contributed by atoms with van der Waals surface area (Å²) < 4.78 is 45.8. The van der Waals surface area contributed by atoms with E-state index < -0.39 is 16.1 Å². The first kappa shape index (κ1) is 21.0. The molecular formula is C21H26FN3O4S. The number of fused-ring (bicyclic) bond motifs is 1. The molecule has 1 unspecified atom stereocenters. The molecule has 162 valence electrons. The molecule has 0 radical (unpaired) electrons. The lowest BCUT2D eigenvalue weighted by Crippen LogP contribution is -2.50. The van der Waals surface area contributed by atoms with Gasteiger partial charge in [0.15, 0.2) is 0 Å². The van der Waals surface area contributed by atoms with E-state index in [2.05, 4.69) is 9.80 Å². The van der Waals surface area contributed by atoms with Gasteiger partial charge in [-0.3, -0.25) is 4.90 Å². The van der Waals surface area contributed by atoms with Gasteiger partial charge in [0.1, 0.15) is 11.6 Å². The predicted molar refractivity (Wildman–Crippen MR) is 112 cm³/mol. The summed E-state index contributed by atoms with van der Waals surface area (Å²) in [6.07, 6.45) is -0.921. The molecule has 0 aliphatic carbocycles. The first-order valence-corrected chi connectivity index (χ1v) is 11.4. The van der Waals surface area contributed by atoms with Gasteiger partial charge in [0.25, 0.3) is 0 Å². The Balaban J connectivity index is 1.38. The Bertz CT molecular complexity index is 992. The lowest BCUT2D eigenvalue weighted by atomic mass is 10.1. The average Bonchev–Trinajstić information content (AvgIpc) is 2.76. The van der Waals surface area contributed by atoms with Crippen LogP contribution in [0.15, 0.2) is 47.4 Å². The number of rotatable bonds is 5. The molecule has 30 heavy (non-hydrogen) atoms. The number of anilines is 1. The molecule has 0 aromatic heterocycles. The van der Waals surface area contributed by atoms with Gasteiger partial charge in [-0.15, -0.1) is 0 Å². The lowest BCUT2D eigenvalue weighted by Gasteiger charge is -2.38. The summed E-state index contributed by atoms with van der Waals surface area (Å²) >= 11 is 0. The second-order valence-corrected chi connectivity index (χ2v) is 9.46. The van der Waals surface area contributed by atoms with Gasteiger partial charge in [-0.2, -0.15) is 4.31 Å². The summed E-state index contributed by atoms with van der Waals surface area (Å²) in [7, 11) is -2.22. The van der Waals surface area contributed by atoms with Crippen LogP contribution in [-0.2, 0) is 10.0 Å². The SMILES string of the molecule is COc1cccc2c1C(O)CN(CCN1CCN(c3ccc(F)cc3)CC1)S2(=O)=O. The van der Waals surface area contributed by atoms with Crippen LogP contribution in [0.5, 0.6) is 5.75 Å². The molecule has 1 atom stereocenters. The van der Waals surface area contributed by atoms with Gasteiger partial charge in [-0.05, 0) is 36.4 Å². The fourth-order valence-corrected chi connectivity index (χ4v) is 5.83. The van der Waals surface area contributed by atoms with E-state index in [-0.39, 0.29) is 17.3 Å². The summed E-state index contributed by atoms with van der Waals surface area (Å²) in [5.74, 6) is 0.140. The second kappa shape index (κ2) is 8.50. The zero-order chi connectivity index (χ0) is 21.3. The third-order valence-electron chi connectivity index (χ3n) is 5.80. The van der Waals surface area contributed by atoms with E-state index >= 15 is 0 Å². The number of aliphatic hydroxyl groups excluding tert-OH is 1. The molecule has 7 nitrogen and oxygen atoms in total. The number of sulfonamides is 1. The highest BCUT2D eigenvalue weighted by Gasteiger charge is 2.38. The molecule has 2 heterocycles. The van der Waals surface area contributed by atoms with Gasteiger partial charge in [0.2, 0.25) is 10.0 Å². The minimum absolute atomic E-state index is 0.0191. The maximum atomic E-state index is 13.1. The standard InChI is InChI=1S/C21H26FN3O4S/c1-29-19-3-2-4-20-21(19)18(26)15-25(30(20,27)28)14-11-23-9-12-24(13-10-23)17-7-5-16(22)6-8-17/h2-8,18,26H,9-15H2,1H3. The maximum absolute atomic E-state index is 13.1. The molecule has 2 aromatic rings. The van der Waals surface area contributed by atoms with E-state index in [0.29, 0.717) is 24.4 Å². The Morgan fingerprint density at radius 2 is 1.77 bits per heavy atom. The smallest absolute Gasteiger partial charge is 0.243 e. The van der Waals surface area contributed by atoms with Gasteiger partial charge in [-0.25, -0.2) is 12.8 Å². The highest BCUT2D eigenvalue weighted by atomic mass is 32.2. The fourth-order valence-electron chi connectivity index (χ4n) is 4.12. The van der Waals surface area contributed by atoms with Crippen molar-refractivity contribution >= 4 is 15.7 Å². The van der Waals surface area contributed by atoms with Gasteiger partial charge >= 0.3 is 0 Å². The van der Waals surface area contributed by atoms with Crippen molar-refractivity contribution in [1.29, 1.82) is 0 Å². The van der Waals surface area contributed by atoms with Crippen LogP contribution in [0.3, 0.4) is 0 Å². The Morgan fingerprint density at radius 1 is 1.07 bits per heavy atom. The number of methoxy groups -OCH3 is 1. The largest absolute Gasteiger partial charge is 0.496 e. The summed E-state index contributed by atoms with van der Waals surface area (Å²) in [5.41, 5.74) is 1.33. The molecular weight excluding hydrogens is 409 g/mol. The first-order valence-electron chi connectivity index (χ1n) is 9.98. The van der Waals surface area contributed by atoms with Crippen molar-refractivity contribution in [3.63, 3.8) is 0 Å². The number of halogens is 1. The van der Waals surface area contributed by atoms with Crippen LogP contribution < -0.4 is 9.64 Å². The van der Waals surface area contributed by atoms with E-state index in [4.69, 9.17) is 4.74 Å². The summed E-state index contributed by atoms with van der Waals surface area (Å²) in [6, 6.07) is 11.3. The van der Waals surface area contributed by atoms with Crippen LogP contribution in [-0.4, -0.2) is 75.7 Å². The quantitative estimate of drug-likeness (QED) is 0.771. The number of nitrogens with zero attached hydrogens (tertiary/aromatic N) is 3. The molecule has 0 amide bonds. The van der Waals surface area contributed by atoms with Crippen LogP contribution in [0.25, 0.3) is 0 Å². The topological polar surface area (TPSA) is 73.3 Å². The van der Waals surface area contributed by atoms with Crippen molar-refractivity contribution in [3.05, 3.63) is 53.8 Å². The van der Waals surface area contributed by atoms with Crippen molar-refractivity contribution in [2.24, 2.45) is 0 Å². The van der Waals surface area contributed by atoms with Gasteiger partial charge < -0.3 is 14.7 Å². The number of hydrogen-bond acceptors (Lipinski definition) is 6. The molecule has 4 rings (SSSR count). The minimum Gasteiger partial charge on any atom is -0.496 e. The zero-order valence-electron chi connectivity index (χ0n) is 16.9. The monoisotopic (exact) mass is 435 g/mol. The molecule has 9 heteroatoms. The minimum atomic E-state index is -3.69. The van der Waals surface area contributed by atoms with Crippen LogP contribution in [0, 0.1) is 5.82 Å². The molecule has 0 saturated carbocycles. The normalized spacial score (nSPS) is 22.0. The molecule has 2 aromatic carbocycles. The van der Waals surface area contributed by atoms with Gasteiger partial charge in [-0.1, -0.05) is 6.07 Å². The van der Waals surface area contributed by atoms with Crippen molar-refractivity contribution in [1.82, 2.24) is 9.21 Å². The van der Waals surface area contributed by atoms with E-state index in [1.807, 2.05) is 0 Å². The number of piperazine rings is 1. The number of β-amino-alcohol motifs (C(OH)–C–C–N with tert-alkyl or cyclic N) is 1. The Kier molecular flexibility index (Phi) is 5.97. The van der Waals surface area contributed by atoms with Crippen LogP contribution in [0.2, 0.25) is 0 Å². The Morgan fingerprint density at radius 3 is 2.43 bits per heavy atom. The van der Waals surface area contributed by atoms with Crippen molar-refractivity contribution in [2.75, 3.05) is 57.8 Å². The van der Waals surface area contributed by atoms with Crippen molar-refractivity contribution in [2.45, 2.75) is 11.0 Å². The highest BCUT2D eigenvalue weighted by molar-refractivity contribution is 7.89. The van der Waals surface area contributed by atoms with Crippen LogP contribution in [0.1, 0.15) is 11.7 Å². The molecule has 2 aliphatic heterocycles. The van der Waals surface area contributed by atoms with Gasteiger partial charge in [0.05, 0.1) is 18.1 Å². The summed E-state index contributed by atoms with van der Waals surface area (Å²) in [6.45, 7) is 4.08. The van der Waals surface area contributed by atoms with Crippen molar-refractivity contribution < 1.29 is 22.7 Å². The predicted octanol–water partition coefficient (Wildman–Crippen LogP) is 1.69. The zero-order valence-corrected chi connectivity index (χ0v) is 17.7. The molecule has 0 bridgehead atoms. The number of ether oxygens (including phenoxy) is 1. The third-order valence-corrected chi connectivity index (χ3v) is 7.73. The highest BCUT2D eigenvalue weighted by Crippen LogP contribution is 2.38. The number of benzene rings is 2. The second-order valence-electron chi connectivity index (χ2n) is 7.56. The molecule has 1 saturated heterocycles. The fraction of sp³-hybridized carbons (Fsp3) is 0.429. The van der Waals surface area contributed by atoms with E-state index in [9.17, 15) is 17.9 Å². The van der Waals surface area contributed by atoms with E-state index in [0.717, 1.165) is 31.9 Å². The van der Waals surface area contributed by atoms with E-state index in [1.54, 1.807) is 24.3 Å². The number of hydrogen-bond donors (Lipinski definition) is 1. The first-order chi connectivity index (χ1) is 14.4. The number of aliphatic hydroxyl groups is 1. The summed E-state index contributed by atoms with van der Waals surface area (Å²) in [4.78, 5) is 4.52. The van der Waals surface area contributed by atoms with E-state index in [1.165, 1.54) is 29.6 Å². The Hall–Kier alpha value is -2.20. The van der Waals surface area contributed by atoms with Crippen molar-refractivity contribution in [3.8, 4) is 5.75 Å². The average molecular weight is 436 g/mol. The van der Waals surface area contributed by atoms with Crippen LogP contribution >= 0.6 is 0 Å². The Labute approximate surface area is 176 Å². The summed E-state index contributed by atoms with van der Waals surface area (Å²) in [5, 5.41) is 10.6. The molecule has 1 N–H and O–H groups in total. The maximum Gasteiger partial charge on any atom is 0.243 e. The lowest BCUT2D eigenvalue weighted by molar-refractivity contribution is 0.128. The third kappa shape index (κ3) is 4.02. The van der Waals surface area contributed by atoms with Gasteiger partial charge in [0, 0.05) is 57.1 Å². The molecule has 0 spiro atoms. The molecule has 2 aliphatic rings. The van der Waals surface area contributed by atoms with Crippen LogP contribution in [0.4, 0.5) is 10.1 Å².